The molecule has 0 aliphatic carbocycles. The summed E-state index contributed by atoms with van der Waals surface area (Å²) in [5.74, 6) is -0.0349. The number of carbonyl (C=O) groups is 2. The molecule has 0 unspecified atom stereocenters. The normalized spacial score (nSPS) is 9.57. The maximum Gasteiger partial charge on any atom is 0.248 e. The van der Waals surface area contributed by atoms with Crippen molar-refractivity contribution in [3.63, 3.8) is 0 Å². The summed E-state index contributed by atoms with van der Waals surface area (Å²) in [4.78, 5) is 22.5. The van der Waals surface area contributed by atoms with Gasteiger partial charge in [0, 0.05) is 18.7 Å². The summed E-state index contributed by atoms with van der Waals surface area (Å²) >= 11 is 0. The van der Waals surface area contributed by atoms with E-state index >= 15 is 0 Å². The summed E-state index contributed by atoms with van der Waals surface area (Å²) in [6.07, 6.45) is 0.271. The minimum absolute atomic E-state index is 0. The molecule has 118 valence electrons. The van der Waals surface area contributed by atoms with Gasteiger partial charge in [0.05, 0.1) is 13.0 Å². The fraction of sp³-hybridized carbons (Fsp3) is 0.429. The molecule has 21 heavy (non-hydrogen) atoms. The molecule has 0 aromatic heterocycles. The van der Waals surface area contributed by atoms with E-state index < -0.39 is 5.91 Å². The first kappa shape index (κ1) is 19.2. The van der Waals surface area contributed by atoms with Crippen LogP contribution >= 0.6 is 12.4 Å². The molecule has 1 aromatic rings. The predicted octanol–water partition coefficient (Wildman–Crippen LogP) is 0.702. The van der Waals surface area contributed by atoms with Gasteiger partial charge in [-0.3, -0.25) is 9.59 Å². The van der Waals surface area contributed by atoms with E-state index in [-0.39, 0.29) is 31.3 Å². The number of hydrogen-bond donors (Lipinski definition) is 3. The molecule has 0 heterocycles. The second kappa shape index (κ2) is 10.9. The second-order valence-electron chi connectivity index (χ2n) is 4.19. The molecule has 0 bridgehead atoms. The number of nitrogens with one attached hydrogen (secondary N) is 2. The van der Waals surface area contributed by atoms with Gasteiger partial charge < -0.3 is 21.1 Å². The van der Waals surface area contributed by atoms with Crippen LogP contribution in [0, 0.1) is 0 Å². The summed E-state index contributed by atoms with van der Waals surface area (Å²) in [6.45, 7) is 4.51. The van der Waals surface area contributed by atoms with E-state index in [1.165, 1.54) is 0 Å². The van der Waals surface area contributed by atoms with Crippen LogP contribution in [0.2, 0.25) is 0 Å². The molecule has 2 amide bonds. The van der Waals surface area contributed by atoms with Crippen molar-refractivity contribution in [2.45, 2.75) is 13.3 Å². The summed E-state index contributed by atoms with van der Waals surface area (Å²) in [5.41, 5.74) is 5.56. The van der Waals surface area contributed by atoms with Gasteiger partial charge in [0.15, 0.2) is 0 Å². The van der Waals surface area contributed by atoms with Crippen LogP contribution in [-0.4, -0.2) is 38.1 Å². The number of hydrogen-bond acceptors (Lipinski definition) is 4. The average molecular weight is 316 g/mol. The maximum atomic E-state index is 11.5. The van der Waals surface area contributed by atoms with Crippen molar-refractivity contribution in [2.24, 2.45) is 5.73 Å². The SMILES string of the molecule is CCNCCNC(=O)CCOc1cccc(C(N)=O)c1.Cl. The Labute approximate surface area is 130 Å². The van der Waals surface area contributed by atoms with Crippen LogP contribution in [0.1, 0.15) is 23.7 Å². The average Bonchev–Trinajstić information content (AvgIpc) is 2.44. The Hall–Kier alpha value is -1.79. The Morgan fingerprint density at radius 1 is 1.29 bits per heavy atom. The Morgan fingerprint density at radius 3 is 2.71 bits per heavy atom. The van der Waals surface area contributed by atoms with E-state index in [9.17, 15) is 9.59 Å². The number of likely N-dealkylation sites (N-methyl/N-ethyl adjacent to an activating group) is 1. The number of nitrogens with two attached hydrogens (primary N) is 1. The lowest BCUT2D eigenvalue weighted by atomic mass is 10.2. The van der Waals surface area contributed by atoms with Crippen molar-refractivity contribution in [1.29, 1.82) is 0 Å². The standard InChI is InChI=1S/C14H21N3O3.ClH/c1-2-16-7-8-17-13(18)6-9-20-12-5-3-4-11(10-12)14(15)19;/h3-5,10,16H,2,6-9H2,1H3,(H2,15,19)(H,17,18);1H. The van der Waals surface area contributed by atoms with Crippen LogP contribution in [0.15, 0.2) is 24.3 Å². The minimum Gasteiger partial charge on any atom is -0.493 e. The molecule has 0 spiro atoms. The molecule has 0 fully saturated rings. The van der Waals surface area contributed by atoms with Crippen LogP contribution in [0.5, 0.6) is 5.75 Å². The summed E-state index contributed by atoms with van der Waals surface area (Å²) < 4.78 is 5.41. The Morgan fingerprint density at radius 2 is 2.05 bits per heavy atom. The molecule has 4 N–H and O–H groups in total. The zero-order valence-electron chi connectivity index (χ0n) is 12.1. The van der Waals surface area contributed by atoms with Crippen LogP contribution < -0.4 is 21.1 Å². The first-order valence-corrected chi connectivity index (χ1v) is 6.63. The van der Waals surface area contributed by atoms with Crippen molar-refractivity contribution in [3.8, 4) is 5.75 Å². The number of primary amides is 1. The highest BCUT2D eigenvalue weighted by Gasteiger charge is 2.04. The first-order valence-electron chi connectivity index (χ1n) is 6.63. The van der Waals surface area contributed by atoms with Crippen molar-refractivity contribution < 1.29 is 14.3 Å². The molecule has 0 aliphatic rings. The highest BCUT2D eigenvalue weighted by Crippen LogP contribution is 2.12. The van der Waals surface area contributed by atoms with Gasteiger partial charge in [-0.25, -0.2) is 0 Å². The Bertz CT molecular complexity index is 455. The lowest BCUT2D eigenvalue weighted by molar-refractivity contribution is -0.121. The molecular formula is C14H22ClN3O3. The van der Waals surface area contributed by atoms with E-state index in [1.807, 2.05) is 6.92 Å². The highest BCUT2D eigenvalue weighted by molar-refractivity contribution is 5.93. The van der Waals surface area contributed by atoms with Gasteiger partial charge in [0.25, 0.3) is 0 Å². The maximum absolute atomic E-state index is 11.5. The van der Waals surface area contributed by atoms with Crippen molar-refractivity contribution >= 4 is 24.2 Å². The molecule has 1 aromatic carbocycles. The third-order valence-electron chi connectivity index (χ3n) is 2.59. The number of ether oxygens (including phenoxy) is 1. The Balaban J connectivity index is 0.00000400. The van der Waals surface area contributed by atoms with Gasteiger partial charge in [-0.2, -0.15) is 0 Å². The topological polar surface area (TPSA) is 93.4 Å². The van der Waals surface area contributed by atoms with Gasteiger partial charge in [-0.1, -0.05) is 13.0 Å². The van der Waals surface area contributed by atoms with Gasteiger partial charge in [-0.15, -0.1) is 12.4 Å². The second-order valence-corrected chi connectivity index (χ2v) is 4.19. The predicted molar refractivity (Wildman–Crippen MR) is 83.9 cm³/mol. The molecule has 0 atom stereocenters. The largest absolute Gasteiger partial charge is 0.493 e. The lowest BCUT2D eigenvalue weighted by Gasteiger charge is -2.08. The minimum atomic E-state index is -0.503. The quantitative estimate of drug-likeness (QED) is 0.585. The number of halogens is 1. The van der Waals surface area contributed by atoms with Gasteiger partial charge in [-0.05, 0) is 24.7 Å². The summed E-state index contributed by atoms with van der Waals surface area (Å²) in [5, 5.41) is 5.89. The van der Waals surface area contributed by atoms with E-state index in [2.05, 4.69) is 10.6 Å². The lowest BCUT2D eigenvalue weighted by Crippen LogP contribution is -2.32. The first-order chi connectivity index (χ1) is 9.63. The molecule has 6 nitrogen and oxygen atoms in total. The van der Waals surface area contributed by atoms with Gasteiger partial charge in [0.2, 0.25) is 11.8 Å². The van der Waals surface area contributed by atoms with E-state index in [1.54, 1.807) is 24.3 Å². The van der Waals surface area contributed by atoms with Crippen molar-refractivity contribution in [1.82, 2.24) is 10.6 Å². The number of rotatable bonds is 9. The molecule has 0 aliphatic heterocycles. The third-order valence-corrected chi connectivity index (χ3v) is 2.59. The number of carbonyl (C=O) groups excluding carboxylic acids is 2. The van der Waals surface area contributed by atoms with E-state index in [0.717, 1.165) is 13.1 Å². The van der Waals surface area contributed by atoms with Crippen LogP contribution in [0.4, 0.5) is 0 Å². The summed E-state index contributed by atoms with van der Waals surface area (Å²) in [7, 11) is 0. The van der Waals surface area contributed by atoms with E-state index in [4.69, 9.17) is 10.5 Å². The smallest absolute Gasteiger partial charge is 0.248 e. The third kappa shape index (κ3) is 8.16. The molecule has 0 saturated heterocycles. The number of benzene rings is 1. The van der Waals surface area contributed by atoms with Crippen LogP contribution in [-0.2, 0) is 4.79 Å². The van der Waals surface area contributed by atoms with Crippen LogP contribution in [0.25, 0.3) is 0 Å². The van der Waals surface area contributed by atoms with Crippen molar-refractivity contribution in [3.05, 3.63) is 29.8 Å². The number of amides is 2. The fourth-order valence-corrected chi connectivity index (χ4v) is 1.56. The zero-order chi connectivity index (χ0) is 14.8. The molecule has 7 heteroatoms. The zero-order valence-corrected chi connectivity index (χ0v) is 12.9. The monoisotopic (exact) mass is 315 g/mol. The van der Waals surface area contributed by atoms with Gasteiger partial charge in [0.1, 0.15) is 5.75 Å². The molecule has 0 saturated carbocycles. The highest BCUT2D eigenvalue weighted by atomic mass is 35.5. The summed E-state index contributed by atoms with van der Waals surface area (Å²) in [6, 6.07) is 6.58. The molecule has 1 rings (SSSR count). The van der Waals surface area contributed by atoms with E-state index in [0.29, 0.717) is 17.9 Å². The van der Waals surface area contributed by atoms with Crippen LogP contribution in [0.3, 0.4) is 0 Å². The molecular weight excluding hydrogens is 294 g/mol. The Kier molecular flexibility index (Phi) is 10.0. The van der Waals surface area contributed by atoms with Crippen molar-refractivity contribution in [2.75, 3.05) is 26.2 Å². The fourth-order valence-electron chi connectivity index (χ4n) is 1.56. The molecule has 0 radical (unpaired) electrons. The van der Waals surface area contributed by atoms with Gasteiger partial charge >= 0.3 is 0 Å².